The summed E-state index contributed by atoms with van der Waals surface area (Å²) in [7, 11) is 0. The molecule has 21 heavy (non-hydrogen) atoms. The fraction of sp³-hybridized carbons (Fsp3) is 0.500. The van der Waals surface area contributed by atoms with Crippen molar-refractivity contribution in [3.63, 3.8) is 0 Å². The summed E-state index contributed by atoms with van der Waals surface area (Å²) in [5.41, 5.74) is 5.84. The zero-order chi connectivity index (χ0) is 15.2. The predicted molar refractivity (Wildman–Crippen MR) is 82.4 cm³/mol. The molecule has 0 radical (unpaired) electrons. The van der Waals surface area contributed by atoms with Gasteiger partial charge in [-0.05, 0) is 13.8 Å². The van der Waals surface area contributed by atoms with Gasteiger partial charge in [-0.1, -0.05) is 16.6 Å². The van der Waals surface area contributed by atoms with Gasteiger partial charge in [-0.2, -0.15) is 0 Å². The van der Waals surface area contributed by atoms with E-state index in [1.54, 1.807) is 17.1 Å². The van der Waals surface area contributed by atoms with Gasteiger partial charge in [0.15, 0.2) is 5.13 Å². The summed E-state index contributed by atoms with van der Waals surface area (Å²) >= 11 is 1.32. The van der Waals surface area contributed by atoms with Crippen molar-refractivity contribution in [1.82, 2.24) is 25.3 Å². The first-order valence-electron chi connectivity index (χ1n) is 6.79. The first kappa shape index (κ1) is 15.2. The van der Waals surface area contributed by atoms with Gasteiger partial charge >= 0.3 is 0 Å². The third-order valence-corrected chi connectivity index (χ3v) is 4.11. The van der Waals surface area contributed by atoms with Gasteiger partial charge in [0.05, 0.1) is 12.7 Å². The molecule has 0 fully saturated rings. The van der Waals surface area contributed by atoms with Gasteiger partial charge in [0.25, 0.3) is 5.91 Å². The van der Waals surface area contributed by atoms with Crippen LogP contribution in [0.4, 0.5) is 10.9 Å². The van der Waals surface area contributed by atoms with Gasteiger partial charge in [-0.25, -0.2) is 4.98 Å². The number of carbonyl (C=O) groups is 1. The first-order valence-corrected chi connectivity index (χ1v) is 7.60. The number of nitrogens with one attached hydrogen (secondary N) is 1. The Morgan fingerprint density at radius 2 is 2.24 bits per heavy atom. The molecule has 0 atom stereocenters. The van der Waals surface area contributed by atoms with Crippen LogP contribution in [-0.2, 0) is 6.54 Å². The van der Waals surface area contributed by atoms with Crippen molar-refractivity contribution in [3.05, 3.63) is 17.3 Å². The van der Waals surface area contributed by atoms with E-state index in [1.165, 1.54) is 11.3 Å². The minimum Gasteiger partial charge on any atom is -0.382 e. The lowest BCUT2D eigenvalue weighted by Crippen LogP contribution is -2.27. The predicted octanol–water partition coefficient (Wildman–Crippen LogP) is 0.593. The second-order valence-electron chi connectivity index (χ2n) is 4.31. The maximum atomic E-state index is 12.1. The van der Waals surface area contributed by atoms with Gasteiger partial charge in [-0.15, -0.1) is 5.10 Å². The molecule has 2 heterocycles. The fourth-order valence-electron chi connectivity index (χ4n) is 1.83. The molecule has 0 aliphatic carbocycles. The smallest absolute Gasteiger partial charge is 0.265 e. The summed E-state index contributed by atoms with van der Waals surface area (Å²) in [4.78, 5) is 18.9. The quantitative estimate of drug-likeness (QED) is 0.776. The molecular formula is C12H19N7OS. The average Bonchev–Trinajstić information content (AvgIpc) is 3.10. The van der Waals surface area contributed by atoms with Gasteiger partial charge in [0, 0.05) is 25.8 Å². The summed E-state index contributed by atoms with van der Waals surface area (Å²) in [5, 5.41) is 11.1. The molecule has 2 aromatic rings. The molecule has 0 aromatic carbocycles. The Labute approximate surface area is 127 Å². The molecule has 0 spiro atoms. The average molecular weight is 309 g/mol. The lowest BCUT2D eigenvalue weighted by atomic mass is 10.4. The molecule has 0 aliphatic rings. The van der Waals surface area contributed by atoms with Crippen LogP contribution < -0.4 is 16.0 Å². The second kappa shape index (κ2) is 7.02. The monoisotopic (exact) mass is 309 g/mol. The number of amides is 1. The third-order valence-electron chi connectivity index (χ3n) is 2.98. The van der Waals surface area contributed by atoms with Crippen LogP contribution in [0, 0.1) is 0 Å². The summed E-state index contributed by atoms with van der Waals surface area (Å²) in [6.45, 7) is 6.76. The number of hydrogen-bond donors (Lipinski definition) is 2. The SMILES string of the molecule is CCN(CC)c1nc(N)c(C(=O)NCCn2ccnn2)s1. The Morgan fingerprint density at radius 1 is 1.48 bits per heavy atom. The van der Waals surface area contributed by atoms with E-state index in [-0.39, 0.29) is 11.7 Å². The number of rotatable bonds is 7. The summed E-state index contributed by atoms with van der Waals surface area (Å²) in [6, 6.07) is 0. The number of nitrogen functional groups attached to an aromatic ring is 1. The Bertz CT molecular complexity index is 576. The van der Waals surface area contributed by atoms with Crippen LogP contribution in [0.1, 0.15) is 23.5 Å². The standard InChI is InChI=1S/C12H19N7OS/c1-3-18(4-2)12-16-10(13)9(21-12)11(20)14-5-7-19-8-6-15-17-19/h6,8H,3-5,7,13H2,1-2H3,(H,14,20). The topological polar surface area (TPSA) is 102 Å². The van der Waals surface area contributed by atoms with Crippen LogP contribution in [0.25, 0.3) is 0 Å². The number of carbonyl (C=O) groups excluding carboxylic acids is 1. The Hall–Kier alpha value is -2.16. The summed E-state index contributed by atoms with van der Waals surface area (Å²) in [6.07, 6.45) is 3.34. The van der Waals surface area contributed by atoms with Gasteiger partial charge in [0.2, 0.25) is 0 Å². The van der Waals surface area contributed by atoms with Crippen LogP contribution in [0.3, 0.4) is 0 Å². The van der Waals surface area contributed by atoms with E-state index in [1.807, 2.05) is 13.8 Å². The molecule has 0 saturated heterocycles. The summed E-state index contributed by atoms with van der Waals surface area (Å²) in [5.74, 6) is 0.0728. The molecule has 2 aromatic heterocycles. The van der Waals surface area contributed by atoms with Crippen LogP contribution in [-0.4, -0.2) is 45.5 Å². The fourth-order valence-corrected chi connectivity index (χ4v) is 2.86. The first-order chi connectivity index (χ1) is 10.2. The molecule has 1 amide bonds. The van der Waals surface area contributed by atoms with Crippen molar-refractivity contribution in [2.75, 3.05) is 30.3 Å². The molecule has 2 rings (SSSR count). The molecule has 0 saturated carbocycles. The molecule has 0 aliphatic heterocycles. The molecular weight excluding hydrogens is 290 g/mol. The minimum absolute atomic E-state index is 0.205. The highest BCUT2D eigenvalue weighted by Gasteiger charge is 2.18. The Morgan fingerprint density at radius 3 is 2.86 bits per heavy atom. The zero-order valence-electron chi connectivity index (χ0n) is 12.1. The third kappa shape index (κ3) is 3.69. The lowest BCUT2D eigenvalue weighted by molar-refractivity contribution is 0.0956. The normalized spacial score (nSPS) is 10.6. The molecule has 114 valence electrons. The van der Waals surface area contributed by atoms with Crippen molar-refractivity contribution in [2.24, 2.45) is 0 Å². The lowest BCUT2D eigenvalue weighted by Gasteiger charge is -2.16. The number of thiazole rings is 1. The Kier molecular flexibility index (Phi) is 5.09. The van der Waals surface area contributed by atoms with E-state index in [2.05, 4.69) is 25.5 Å². The number of hydrogen-bond acceptors (Lipinski definition) is 7. The molecule has 0 unspecified atom stereocenters. The zero-order valence-corrected chi connectivity index (χ0v) is 12.9. The maximum absolute atomic E-state index is 12.1. The highest BCUT2D eigenvalue weighted by molar-refractivity contribution is 7.18. The highest BCUT2D eigenvalue weighted by atomic mass is 32.1. The molecule has 3 N–H and O–H groups in total. The van der Waals surface area contributed by atoms with Crippen LogP contribution in [0.5, 0.6) is 0 Å². The molecule has 8 nitrogen and oxygen atoms in total. The number of aromatic nitrogens is 4. The van der Waals surface area contributed by atoms with E-state index in [0.29, 0.717) is 18.0 Å². The number of anilines is 2. The van der Waals surface area contributed by atoms with Crippen molar-refractivity contribution in [3.8, 4) is 0 Å². The van der Waals surface area contributed by atoms with Crippen LogP contribution in [0.2, 0.25) is 0 Å². The van der Waals surface area contributed by atoms with Crippen molar-refractivity contribution < 1.29 is 4.79 Å². The van der Waals surface area contributed by atoms with E-state index in [4.69, 9.17) is 5.73 Å². The minimum atomic E-state index is -0.205. The maximum Gasteiger partial charge on any atom is 0.265 e. The molecule has 9 heteroatoms. The van der Waals surface area contributed by atoms with Gasteiger partial charge in [0.1, 0.15) is 10.7 Å². The number of nitrogens with zero attached hydrogens (tertiary/aromatic N) is 5. The summed E-state index contributed by atoms with van der Waals surface area (Å²) < 4.78 is 1.65. The largest absolute Gasteiger partial charge is 0.382 e. The van der Waals surface area contributed by atoms with Gasteiger partial charge in [-0.3, -0.25) is 9.48 Å². The Balaban J connectivity index is 1.95. The van der Waals surface area contributed by atoms with Crippen LogP contribution in [0.15, 0.2) is 12.4 Å². The van der Waals surface area contributed by atoms with Crippen LogP contribution >= 0.6 is 11.3 Å². The number of nitrogens with two attached hydrogens (primary N) is 1. The van der Waals surface area contributed by atoms with Crippen molar-refractivity contribution in [1.29, 1.82) is 0 Å². The van der Waals surface area contributed by atoms with Crippen molar-refractivity contribution >= 4 is 28.2 Å². The van der Waals surface area contributed by atoms with E-state index in [9.17, 15) is 4.79 Å². The van der Waals surface area contributed by atoms with Crippen molar-refractivity contribution in [2.45, 2.75) is 20.4 Å². The van der Waals surface area contributed by atoms with Gasteiger partial charge < -0.3 is 16.0 Å². The van der Waals surface area contributed by atoms with E-state index < -0.39 is 0 Å². The van der Waals surface area contributed by atoms with E-state index in [0.717, 1.165) is 18.2 Å². The highest BCUT2D eigenvalue weighted by Crippen LogP contribution is 2.27. The second-order valence-corrected chi connectivity index (χ2v) is 5.28. The molecule has 0 bridgehead atoms. The van der Waals surface area contributed by atoms with E-state index >= 15 is 0 Å².